The maximum Gasteiger partial charge on any atom is 0.184 e. The van der Waals surface area contributed by atoms with Gasteiger partial charge in [-0.2, -0.15) is 0 Å². The van der Waals surface area contributed by atoms with Crippen LogP contribution in [0, 0.1) is 6.92 Å². The van der Waals surface area contributed by atoms with Crippen molar-refractivity contribution < 1.29 is 0 Å². The summed E-state index contributed by atoms with van der Waals surface area (Å²) in [5, 5.41) is 0. The van der Waals surface area contributed by atoms with Gasteiger partial charge in [0.15, 0.2) is 4.47 Å². The Morgan fingerprint density at radius 1 is 1.50 bits per heavy atom. The molecule has 0 N–H and O–H groups in total. The van der Waals surface area contributed by atoms with E-state index < -0.39 is 0 Å². The Hall–Kier alpha value is -0.120. The summed E-state index contributed by atoms with van der Waals surface area (Å²) in [7, 11) is 0. The van der Waals surface area contributed by atoms with Crippen LogP contribution in [0.1, 0.15) is 5.56 Å². The quantitative estimate of drug-likeness (QED) is 0.699. The molecule has 0 saturated heterocycles. The summed E-state index contributed by atoms with van der Waals surface area (Å²) in [5.74, 6) is 0. The smallest absolute Gasteiger partial charge is 0.184 e. The number of fused-ring (bicyclic) bond motifs is 1. The first-order chi connectivity index (χ1) is 5.66. The third kappa shape index (κ3) is 1.37. The van der Waals surface area contributed by atoms with Crippen LogP contribution >= 0.6 is 38.9 Å². The normalized spacial score (nSPS) is 10.9. The van der Waals surface area contributed by atoms with Crippen LogP contribution in [0.15, 0.2) is 16.6 Å². The molecule has 0 aliphatic heterocycles. The highest BCUT2D eigenvalue weighted by atomic mass is 79.9. The summed E-state index contributed by atoms with van der Waals surface area (Å²) in [6.45, 7) is 2.03. The maximum atomic E-state index is 5.80. The van der Waals surface area contributed by atoms with E-state index in [0.717, 1.165) is 20.3 Å². The zero-order valence-corrected chi connectivity index (χ0v) is 9.42. The number of rotatable bonds is 0. The molecule has 0 aliphatic rings. The van der Waals surface area contributed by atoms with Gasteiger partial charge in [0.2, 0.25) is 0 Å². The predicted molar refractivity (Wildman–Crippen MR) is 57.1 cm³/mol. The molecule has 1 aromatic heterocycles. The molecule has 62 valence electrons. The van der Waals surface area contributed by atoms with Crippen LogP contribution < -0.4 is 0 Å². The molecular weight excluding hydrogens is 258 g/mol. The van der Waals surface area contributed by atoms with E-state index in [-0.39, 0.29) is 0 Å². The zero-order valence-electron chi connectivity index (χ0n) is 6.27. The van der Waals surface area contributed by atoms with Crippen LogP contribution in [0.4, 0.5) is 0 Å². The maximum absolute atomic E-state index is 5.80. The standard InChI is InChI=1S/C8H5BrClNS/c1-4-2-5(9)3-6-7(4)11-8(10)12-6/h2-3H,1H3. The first kappa shape index (κ1) is 8.48. The van der Waals surface area contributed by atoms with Crippen molar-refractivity contribution in [1.29, 1.82) is 0 Å². The van der Waals surface area contributed by atoms with E-state index in [1.54, 1.807) is 0 Å². The third-order valence-corrected chi connectivity index (χ3v) is 3.19. The topological polar surface area (TPSA) is 12.9 Å². The lowest BCUT2D eigenvalue weighted by molar-refractivity contribution is 1.42. The van der Waals surface area contributed by atoms with Crippen LogP contribution in [0.3, 0.4) is 0 Å². The second-order valence-corrected chi connectivity index (χ2v) is 5.06. The molecule has 2 rings (SSSR count). The Balaban J connectivity index is 2.88. The van der Waals surface area contributed by atoms with Crippen molar-refractivity contribution in [3.05, 3.63) is 26.6 Å². The highest BCUT2D eigenvalue weighted by molar-refractivity contribution is 9.10. The molecule has 12 heavy (non-hydrogen) atoms. The Labute approximate surface area is 87.5 Å². The molecule has 0 atom stereocenters. The summed E-state index contributed by atoms with van der Waals surface area (Å²) in [6, 6.07) is 4.07. The summed E-state index contributed by atoms with van der Waals surface area (Å²) in [5.41, 5.74) is 2.16. The van der Waals surface area contributed by atoms with Gasteiger partial charge < -0.3 is 0 Å². The average molecular weight is 263 g/mol. The second-order valence-electron chi connectivity index (χ2n) is 2.54. The molecule has 0 saturated carbocycles. The van der Waals surface area contributed by atoms with Crippen molar-refractivity contribution >= 4 is 49.1 Å². The SMILES string of the molecule is Cc1cc(Br)cc2sc(Cl)nc12. The Morgan fingerprint density at radius 3 is 3.00 bits per heavy atom. The fourth-order valence-corrected chi connectivity index (χ4v) is 2.99. The van der Waals surface area contributed by atoms with Gasteiger partial charge >= 0.3 is 0 Å². The molecule has 2 aromatic rings. The van der Waals surface area contributed by atoms with E-state index in [0.29, 0.717) is 4.47 Å². The van der Waals surface area contributed by atoms with E-state index in [1.165, 1.54) is 11.3 Å². The summed E-state index contributed by atoms with van der Waals surface area (Å²) in [4.78, 5) is 4.22. The molecule has 1 nitrogen and oxygen atoms in total. The van der Waals surface area contributed by atoms with E-state index >= 15 is 0 Å². The fraction of sp³-hybridized carbons (Fsp3) is 0.125. The molecule has 0 bridgehead atoms. The molecule has 1 aromatic carbocycles. The van der Waals surface area contributed by atoms with Crippen molar-refractivity contribution in [2.45, 2.75) is 6.92 Å². The van der Waals surface area contributed by atoms with Crippen LogP contribution in [0.25, 0.3) is 10.2 Å². The van der Waals surface area contributed by atoms with Crippen LogP contribution in [-0.4, -0.2) is 4.98 Å². The van der Waals surface area contributed by atoms with Crippen molar-refractivity contribution in [2.75, 3.05) is 0 Å². The van der Waals surface area contributed by atoms with E-state index in [2.05, 4.69) is 20.9 Å². The molecule has 0 fully saturated rings. The van der Waals surface area contributed by atoms with Crippen LogP contribution in [-0.2, 0) is 0 Å². The van der Waals surface area contributed by atoms with E-state index in [9.17, 15) is 0 Å². The number of benzene rings is 1. The van der Waals surface area contributed by atoms with Gasteiger partial charge in [-0.3, -0.25) is 0 Å². The summed E-state index contributed by atoms with van der Waals surface area (Å²) in [6.07, 6.45) is 0. The number of hydrogen-bond donors (Lipinski definition) is 0. The number of hydrogen-bond acceptors (Lipinski definition) is 2. The van der Waals surface area contributed by atoms with Gasteiger partial charge in [0.1, 0.15) is 0 Å². The minimum absolute atomic E-state index is 0.603. The van der Waals surface area contributed by atoms with Crippen molar-refractivity contribution in [3.63, 3.8) is 0 Å². The van der Waals surface area contributed by atoms with E-state index in [1.807, 2.05) is 19.1 Å². The third-order valence-electron chi connectivity index (χ3n) is 1.62. The highest BCUT2D eigenvalue weighted by Crippen LogP contribution is 2.30. The van der Waals surface area contributed by atoms with Gasteiger partial charge in [-0.05, 0) is 24.6 Å². The lowest BCUT2D eigenvalue weighted by Gasteiger charge is -1.94. The lowest BCUT2D eigenvalue weighted by atomic mass is 10.2. The molecule has 0 radical (unpaired) electrons. The lowest BCUT2D eigenvalue weighted by Crippen LogP contribution is -1.75. The molecule has 0 aliphatic carbocycles. The van der Waals surface area contributed by atoms with Gasteiger partial charge in [-0.1, -0.05) is 27.5 Å². The predicted octanol–water partition coefficient (Wildman–Crippen LogP) is 4.02. The largest absolute Gasteiger partial charge is 0.225 e. The molecule has 1 heterocycles. The summed E-state index contributed by atoms with van der Waals surface area (Å²) < 4.78 is 2.81. The first-order valence-corrected chi connectivity index (χ1v) is 5.38. The minimum Gasteiger partial charge on any atom is -0.225 e. The van der Waals surface area contributed by atoms with Crippen molar-refractivity contribution in [3.8, 4) is 0 Å². The summed E-state index contributed by atoms with van der Waals surface area (Å²) >= 11 is 10.7. The van der Waals surface area contributed by atoms with Gasteiger partial charge in [0.05, 0.1) is 10.2 Å². The Bertz CT molecular complexity index is 438. The average Bonchev–Trinajstić information content (AvgIpc) is 2.29. The highest BCUT2D eigenvalue weighted by Gasteiger charge is 2.04. The minimum atomic E-state index is 0.603. The molecule has 0 amide bonds. The second kappa shape index (κ2) is 2.98. The van der Waals surface area contributed by atoms with Crippen LogP contribution in [0.5, 0.6) is 0 Å². The van der Waals surface area contributed by atoms with Gasteiger partial charge in [0.25, 0.3) is 0 Å². The molecule has 0 spiro atoms. The molecular formula is C8H5BrClNS. The molecule has 0 unspecified atom stereocenters. The van der Waals surface area contributed by atoms with Gasteiger partial charge in [-0.25, -0.2) is 4.98 Å². The van der Waals surface area contributed by atoms with Crippen LogP contribution in [0.2, 0.25) is 4.47 Å². The Morgan fingerprint density at radius 2 is 2.25 bits per heavy atom. The Kier molecular flexibility index (Phi) is 2.10. The van der Waals surface area contributed by atoms with Crippen molar-refractivity contribution in [2.24, 2.45) is 0 Å². The monoisotopic (exact) mass is 261 g/mol. The number of nitrogens with zero attached hydrogens (tertiary/aromatic N) is 1. The fourth-order valence-electron chi connectivity index (χ4n) is 1.13. The number of halogens is 2. The number of thiazole rings is 1. The zero-order chi connectivity index (χ0) is 8.72. The number of aromatic nitrogens is 1. The van der Waals surface area contributed by atoms with Crippen molar-refractivity contribution in [1.82, 2.24) is 4.98 Å². The van der Waals surface area contributed by atoms with Gasteiger partial charge in [-0.15, -0.1) is 11.3 Å². The first-order valence-electron chi connectivity index (χ1n) is 3.39. The number of aryl methyl sites for hydroxylation is 1. The van der Waals surface area contributed by atoms with Gasteiger partial charge in [0, 0.05) is 4.47 Å². The molecule has 4 heteroatoms. The van der Waals surface area contributed by atoms with E-state index in [4.69, 9.17) is 11.6 Å².